The van der Waals surface area contributed by atoms with Crippen molar-refractivity contribution >= 4 is 46.8 Å². The third kappa shape index (κ3) is 5.69. The van der Waals surface area contributed by atoms with Crippen LogP contribution >= 0.6 is 0 Å². The van der Waals surface area contributed by atoms with Crippen molar-refractivity contribution in [3.05, 3.63) is 185 Å². The molecule has 216 valence electrons. The van der Waals surface area contributed by atoms with E-state index in [-0.39, 0.29) is 0 Å². The number of rotatable bonds is 8. The van der Waals surface area contributed by atoms with Crippen molar-refractivity contribution in [2.24, 2.45) is 0 Å². The Labute approximate surface area is 263 Å². The molecule has 0 radical (unpaired) electrons. The van der Waals surface area contributed by atoms with E-state index in [2.05, 4.69) is 196 Å². The van der Waals surface area contributed by atoms with Crippen LogP contribution < -0.4 is 20.5 Å². The topological polar surface area (TPSA) is 3.24 Å². The zero-order chi connectivity index (χ0) is 30.5. The van der Waals surface area contributed by atoms with Crippen molar-refractivity contribution < 1.29 is 0 Å². The van der Waals surface area contributed by atoms with Gasteiger partial charge in [0.1, 0.15) is 0 Å². The lowest BCUT2D eigenvalue weighted by molar-refractivity contribution is 1.19. The zero-order valence-electron chi connectivity index (χ0n) is 26.0. The first-order valence-electron chi connectivity index (χ1n) is 15.4. The van der Waals surface area contributed by atoms with Crippen LogP contribution in [0.25, 0.3) is 6.08 Å². The highest BCUT2D eigenvalue weighted by atomic mass is 28.3. The minimum absolute atomic E-state index is 1.16. The third-order valence-corrected chi connectivity index (χ3v) is 13.0. The Kier molecular flexibility index (Phi) is 8.45. The number of hydrogen-bond acceptors (Lipinski definition) is 1. The third-order valence-electron chi connectivity index (χ3n) is 8.58. The molecule has 0 spiro atoms. The Morgan fingerprint density at radius 3 is 1.41 bits per heavy atom. The number of nitrogens with zero attached hydrogens (tertiary/aromatic N) is 1. The normalized spacial score (nSPS) is 11.5. The quantitative estimate of drug-likeness (QED) is 0.127. The van der Waals surface area contributed by atoms with Crippen LogP contribution in [0.4, 0.5) is 17.1 Å². The minimum atomic E-state index is -2.47. The van der Waals surface area contributed by atoms with Gasteiger partial charge >= 0.3 is 0 Å². The van der Waals surface area contributed by atoms with Gasteiger partial charge in [-0.3, -0.25) is 0 Å². The molecule has 0 aliphatic carbocycles. The maximum absolute atomic E-state index is 2.51. The Morgan fingerprint density at radius 2 is 0.932 bits per heavy atom. The summed E-state index contributed by atoms with van der Waals surface area (Å²) >= 11 is 0. The van der Waals surface area contributed by atoms with Gasteiger partial charge in [0.15, 0.2) is 8.07 Å². The molecule has 0 saturated carbocycles. The summed E-state index contributed by atoms with van der Waals surface area (Å²) in [7, 11) is -2.47. The number of benzene rings is 6. The first-order chi connectivity index (χ1) is 21.5. The van der Waals surface area contributed by atoms with E-state index in [9.17, 15) is 0 Å². The fourth-order valence-electron chi connectivity index (χ4n) is 6.58. The summed E-state index contributed by atoms with van der Waals surface area (Å²) < 4.78 is 0. The Hall–Kier alpha value is -4.92. The molecule has 0 atom stereocenters. The lowest BCUT2D eigenvalue weighted by Gasteiger charge is -2.31. The van der Waals surface area contributed by atoms with Crippen LogP contribution in [-0.2, 0) is 0 Å². The van der Waals surface area contributed by atoms with Gasteiger partial charge in [0.25, 0.3) is 0 Å². The molecule has 6 rings (SSSR count). The van der Waals surface area contributed by atoms with Crippen molar-refractivity contribution in [1.29, 1.82) is 0 Å². The molecule has 0 aliphatic heterocycles. The highest BCUT2D eigenvalue weighted by Gasteiger charge is 2.36. The van der Waals surface area contributed by atoms with Gasteiger partial charge in [0.05, 0.1) is 5.69 Å². The SMILES string of the molecule is Cc1cc(C)c(N(c2ccc(/C=C/[Si](c3ccccc3)(c3ccccc3)c3ccccc3)cc2)c2ccccc2C)c(C)c1. The minimum Gasteiger partial charge on any atom is -0.310 e. The highest BCUT2D eigenvalue weighted by Crippen LogP contribution is 2.40. The fourth-order valence-corrected chi connectivity index (χ4v) is 10.8. The fraction of sp³-hybridized carbons (Fsp3) is 0.0952. The molecule has 44 heavy (non-hydrogen) atoms. The van der Waals surface area contributed by atoms with E-state index in [0.29, 0.717) is 0 Å². The number of aryl methyl sites for hydroxylation is 4. The van der Waals surface area contributed by atoms with Crippen LogP contribution in [0.1, 0.15) is 27.8 Å². The van der Waals surface area contributed by atoms with Crippen molar-refractivity contribution in [3.63, 3.8) is 0 Å². The summed E-state index contributed by atoms with van der Waals surface area (Å²) in [6.45, 7) is 8.81. The molecule has 0 saturated heterocycles. The molecule has 6 aromatic carbocycles. The lowest BCUT2D eigenvalue weighted by Crippen LogP contribution is -2.66. The van der Waals surface area contributed by atoms with E-state index in [1.165, 1.54) is 54.8 Å². The molecule has 2 heteroatoms. The summed E-state index contributed by atoms with van der Waals surface area (Å²) in [5, 5.41) is 4.13. The average molecular weight is 586 g/mol. The van der Waals surface area contributed by atoms with Crippen LogP contribution in [0.15, 0.2) is 157 Å². The van der Waals surface area contributed by atoms with E-state index >= 15 is 0 Å². The summed E-state index contributed by atoms with van der Waals surface area (Å²) in [6.07, 6.45) is 2.34. The maximum Gasteiger partial charge on any atom is 0.172 e. The van der Waals surface area contributed by atoms with Crippen LogP contribution in [0, 0.1) is 27.7 Å². The molecule has 1 nitrogen and oxygen atoms in total. The van der Waals surface area contributed by atoms with Crippen LogP contribution in [0.5, 0.6) is 0 Å². The monoisotopic (exact) mass is 585 g/mol. The van der Waals surface area contributed by atoms with Gasteiger partial charge in [-0.2, -0.15) is 0 Å². The molecular weight excluding hydrogens is 547 g/mol. The van der Waals surface area contributed by atoms with E-state index < -0.39 is 8.07 Å². The van der Waals surface area contributed by atoms with Crippen LogP contribution in [0.3, 0.4) is 0 Å². The predicted molar refractivity (Wildman–Crippen MR) is 193 cm³/mol. The van der Waals surface area contributed by atoms with Crippen molar-refractivity contribution in [2.75, 3.05) is 4.90 Å². The van der Waals surface area contributed by atoms with Gasteiger partial charge in [0, 0.05) is 11.4 Å². The second-order valence-corrected chi connectivity index (χ2v) is 15.4. The molecule has 0 unspecified atom stereocenters. The van der Waals surface area contributed by atoms with Crippen molar-refractivity contribution in [2.45, 2.75) is 27.7 Å². The molecule has 0 bridgehead atoms. The molecule has 0 heterocycles. The van der Waals surface area contributed by atoms with Gasteiger partial charge in [-0.1, -0.05) is 151 Å². The molecule has 0 aromatic heterocycles. The summed E-state index contributed by atoms with van der Waals surface area (Å²) in [5.74, 6) is 0. The van der Waals surface area contributed by atoms with Crippen molar-refractivity contribution in [3.8, 4) is 0 Å². The lowest BCUT2D eigenvalue weighted by atomic mass is 10.0. The Balaban J connectivity index is 1.47. The summed E-state index contributed by atoms with van der Waals surface area (Å²) in [6, 6.07) is 55.4. The average Bonchev–Trinajstić information content (AvgIpc) is 3.05. The molecule has 0 amide bonds. The highest BCUT2D eigenvalue weighted by molar-refractivity contribution is 7.15. The standard InChI is InChI=1S/C42H39NSi/c1-32-30-34(3)42(35(4)31-32)43(41-23-15-14-16-33(41)2)37-26-24-36(25-27-37)28-29-44(38-17-8-5-9-18-38,39-19-10-6-11-20-39)40-21-12-7-13-22-40/h5-31H,1-4H3/b29-28+. The van der Waals surface area contributed by atoms with Gasteiger partial charge in [-0.05, 0) is 83.7 Å². The van der Waals surface area contributed by atoms with Crippen LogP contribution in [0.2, 0.25) is 0 Å². The number of para-hydroxylation sites is 1. The van der Waals surface area contributed by atoms with Crippen molar-refractivity contribution in [1.82, 2.24) is 0 Å². The van der Waals surface area contributed by atoms with Gasteiger partial charge < -0.3 is 4.90 Å². The number of hydrogen-bond donors (Lipinski definition) is 0. The molecule has 0 fully saturated rings. The Morgan fingerprint density at radius 1 is 0.477 bits per heavy atom. The smallest absolute Gasteiger partial charge is 0.172 e. The van der Waals surface area contributed by atoms with Gasteiger partial charge in [-0.15, -0.1) is 0 Å². The van der Waals surface area contributed by atoms with E-state index in [4.69, 9.17) is 0 Å². The molecule has 0 N–H and O–H groups in total. The Bertz CT molecular complexity index is 1750. The zero-order valence-corrected chi connectivity index (χ0v) is 27.0. The molecular formula is C42H39NSi. The summed E-state index contributed by atoms with van der Waals surface area (Å²) in [5.41, 5.74) is 12.4. The van der Waals surface area contributed by atoms with E-state index in [0.717, 1.165) is 5.69 Å². The first kappa shape index (κ1) is 29.2. The van der Waals surface area contributed by atoms with Gasteiger partial charge in [0.2, 0.25) is 0 Å². The van der Waals surface area contributed by atoms with E-state index in [1.54, 1.807) is 0 Å². The summed E-state index contributed by atoms with van der Waals surface area (Å²) in [4.78, 5) is 2.42. The van der Waals surface area contributed by atoms with Gasteiger partial charge in [-0.25, -0.2) is 0 Å². The predicted octanol–water partition coefficient (Wildman–Crippen LogP) is 9.11. The maximum atomic E-state index is 2.51. The molecule has 6 aromatic rings. The van der Waals surface area contributed by atoms with Crippen LogP contribution in [-0.4, -0.2) is 8.07 Å². The second-order valence-electron chi connectivity index (χ2n) is 11.7. The number of anilines is 3. The second kappa shape index (κ2) is 12.7. The van der Waals surface area contributed by atoms with E-state index in [1.807, 2.05) is 0 Å². The molecule has 0 aliphatic rings. The first-order valence-corrected chi connectivity index (χ1v) is 17.4. The largest absolute Gasteiger partial charge is 0.310 e.